The first-order chi connectivity index (χ1) is 10.8. The van der Waals surface area contributed by atoms with Crippen molar-refractivity contribution >= 4 is 11.3 Å². The van der Waals surface area contributed by atoms with Crippen molar-refractivity contribution in [1.82, 2.24) is 14.8 Å². The number of nitrogens with zero attached hydrogens (tertiary/aromatic N) is 3. The van der Waals surface area contributed by atoms with E-state index in [2.05, 4.69) is 32.3 Å². The number of hydrogen-bond acceptors (Lipinski definition) is 5. The molecule has 0 bridgehead atoms. The summed E-state index contributed by atoms with van der Waals surface area (Å²) in [4.78, 5) is 9.66. The van der Waals surface area contributed by atoms with Crippen molar-refractivity contribution in [2.75, 3.05) is 19.6 Å². The molecule has 0 N–H and O–H groups in total. The average molecular weight is 317 g/mol. The number of hydrogen-bond donors (Lipinski definition) is 0. The van der Waals surface area contributed by atoms with Crippen LogP contribution in [0.1, 0.15) is 29.4 Å². The van der Waals surface area contributed by atoms with Crippen LogP contribution in [0.5, 0.6) is 0 Å². The van der Waals surface area contributed by atoms with E-state index >= 15 is 0 Å². The molecule has 4 heterocycles. The number of rotatable bonds is 4. The van der Waals surface area contributed by atoms with Crippen LogP contribution in [0.15, 0.2) is 28.1 Å². The van der Waals surface area contributed by atoms with Crippen LogP contribution in [-0.2, 0) is 13.1 Å². The summed E-state index contributed by atoms with van der Waals surface area (Å²) in [7, 11) is 0. The second kappa shape index (κ2) is 6.14. The fourth-order valence-electron chi connectivity index (χ4n) is 3.99. The van der Waals surface area contributed by atoms with Crippen molar-refractivity contribution in [3.8, 4) is 0 Å². The van der Waals surface area contributed by atoms with Crippen LogP contribution in [0.2, 0.25) is 0 Å². The molecule has 5 heteroatoms. The molecule has 118 valence electrons. The topological polar surface area (TPSA) is 32.5 Å². The normalized spacial score (nSPS) is 26.4. The van der Waals surface area contributed by atoms with Gasteiger partial charge in [0.2, 0.25) is 0 Å². The molecule has 2 aromatic heterocycles. The van der Waals surface area contributed by atoms with Crippen LogP contribution in [0.3, 0.4) is 0 Å². The Labute approximate surface area is 135 Å². The Bertz CT molecular complexity index is 609. The van der Waals surface area contributed by atoms with E-state index in [-0.39, 0.29) is 0 Å². The Hall–Kier alpha value is -1.17. The quantitative estimate of drug-likeness (QED) is 0.867. The lowest BCUT2D eigenvalue weighted by atomic mass is 9.93. The number of piperidine rings is 1. The van der Waals surface area contributed by atoms with Gasteiger partial charge >= 0.3 is 0 Å². The summed E-state index contributed by atoms with van der Waals surface area (Å²) in [6.07, 6.45) is 4.51. The molecule has 2 fully saturated rings. The zero-order chi connectivity index (χ0) is 14.9. The van der Waals surface area contributed by atoms with Crippen LogP contribution in [0.4, 0.5) is 0 Å². The van der Waals surface area contributed by atoms with Crippen LogP contribution in [0, 0.1) is 12.8 Å². The van der Waals surface area contributed by atoms with Crippen LogP contribution in [-0.4, -0.2) is 40.5 Å². The molecular formula is C17H23N3OS. The molecule has 2 aromatic rings. The van der Waals surface area contributed by atoms with E-state index in [9.17, 15) is 0 Å². The number of likely N-dealkylation sites (tertiary alicyclic amines) is 2. The lowest BCUT2D eigenvalue weighted by Gasteiger charge is -2.37. The zero-order valence-corrected chi connectivity index (χ0v) is 13.9. The smallest absolute Gasteiger partial charge is 0.118 e. The monoisotopic (exact) mass is 317 g/mol. The minimum atomic E-state index is 0.749. The summed E-state index contributed by atoms with van der Waals surface area (Å²) in [5.74, 6) is 2.93. The van der Waals surface area contributed by atoms with Gasteiger partial charge in [0.05, 0.1) is 13.1 Å². The highest BCUT2D eigenvalue weighted by molar-refractivity contribution is 7.09. The maximum atomic E-state index is 5.73. The standard InChI is InChI=1S/C17H23N3OS/c1-13-2-3-15(21-13)11-19-7-5-16-14(10-19)4-8-20(16)12-17-18-6-9-22-17/h2-3,6,9,14,16H,4-5,7-8,10-12H2,1H3/t14-,16+/m1/s1. The number of furan rings is 1. The van der Waals surface area contributed by atoms with E-state index in [1.54, 1.807) is 11.3 Å². The molecular weight excluding hydrogens is 294 g/mol. The van der Waals surface area contributed by atoms with Gasteiger partial charge in [-0.2, -0.15) is 0 Å². The number of aryl methyl sites for hydroxylation is 1. The van der Waals surface area contributed by atoms with Crippen LogP contribution >= 0.6 is 11.3 Å². The van der Waals surface area contributed by atoms with Gasteiger partial charge in [0.25, 0.3) is 0 Å². The lowest BCUT2D eigenvalue weighted by Crippen LogP contribution is -2.45. The third kappa shape index (κ3) is 2.98. The molecule has 0 radical (unpaired) electrons. The Morgan fingerprint density at radius 3 is 3.00 bits per heavy atom. The molecule has 4 nitrogen and oxygen atoms in total. The second-order valence-electron chi connectivity index (χ2n) is 6.55. The Morgan fingerprint density at radius 1 is 1.27 bits per heavy atom. The molecule has 0 amide bonds. The van der Waals surface area contributed by atoms with Crippen molar-refractivity contribution in [3.63, 3.8) is 0 Å². The summed E-state index contributed by atoms with van der Waals surface area (Å²) < 4.78 is 5.73. The van der Waals surface area contributed by atoms with E-state index < -0.39 is 0 Å². The molecule has 0 saturated carbocycles. The van der Waals surface area contributed by atoms with Gasteiger partial charge in [-0.1, -0.05) is 0 Å². The number of aromatic nitrogens is 1. The maximum absolute atomic E-state index is 5.73. The van der Waals surface area contributed by atoms with Crippen molar-refractivity contribution in [3.05, 3.63) is 40.2 Å². The number of thiazole rings is 1. The summed E-state index contributed by atoms with van der Waals surface area (Å²) >= 11 is 1.78. The maximum Gasteiger partial charge on any atom is 0.118 e. The largest absolute Gasteiger partial charge is 0.465 e. The van der Waals surface area contributed by atoms with E-state index in [1.807, 2.05) is 13.1 Å². The predicted molar refractivity (Wildman–Crippen MR) is 87.8 cm³/mol. The van der Waals surface area contributed by atoms with Crippen LogP contribution in [0.25, 0.3) is 0 Å². The molecule has 0 unspecified atom stereocenters. The third-order valence-electron chi connectivity index (χ3n) is 5.03. The molecule has 2 aliphatic heterocycles. The predicted octanol–water partition coefficient (Wildman–Crippen LogP) is 3.14. The van der Waals surface area contributed by atoms with E-state index in [0.717, 1.165) is 36.6 Å². The summed E-state index contributed by atoms with van der Waals surface area (Å²) in [5, 5.41) is 3.34. The van der Waals surface area contributed by atoms with Gasteiger partial charge in [-0.05, 0) is 44.4 Å². The van der Waals surface area contributed by atoms with Gasteiger partial charge in [0, 0.05) is 30.7 Å². The number of fused-ring (bicyclic) bond motifs is 1. The fraction of sp³-hybridized carbons (Fsp3) is 0.588. The van der Waals surface area contributed by atoms with Crippen LogP contribution < -0.4 is 0 Å². The minimum Gasteiger partial charge on any atom is -0.465 e. The first-order valence-electron chi connectivity index (χ1n) is 8.18. The second-order valence-corrected chi connectivity index (χ2v) is 7.53. The molecule has 22 heavy (non-hydrogen) atoms. The highest BCUT2D eigenvalue weighted by Crippen LogP contribution is 2.33. The molecule has 2 aliphatic rings. The molecule has 0 aromatic carbocycles. The van der Waals surface area contributed by atoms with Gasteiger partial charge in [-0.15, -0.1) is 11.3 Å². The molecule has 0 spiro atoms. The van der Waals surface area contributed by atoms with Gasteiger partial charge in [-0.25, -0.2) is 4.98 Å². The summed E-state index contributed by atoms with van der Waals surface area (Å²) in [6.45, 7) is 7.62. The first-order valence-corrected chi connectivity index (χ1v) is 9.06. The van der Waals surface area contributed by atoms with E-state index in [0.29, 0.717) is 0 Å². The van der Waals surface area contributed by atoms with Gasteiger partial charge in [0.15, 0.2) is 0 Å². The van der Waals surface area contributed by atoms with Gasteiger partial charge in [0.1, 0.15) is 16.5 Å². The van der Waals surface area contributed by atoms with Crippen molar-refractivity contribution < 1.29 is 4.42 Å². The zero-order valence-electron chi connectivity index (χ0n) is 13.1. The Kier molecular flexibility index (Phi) is 4.03. The van der Waals surface area contributed by atoms with Crippen molar-refractivity contribution in [1.29, 1.82) is 0 Å². The average Bonchev–Trinajstić information content (AvgIpc) is 3.23. The molecule has 2 atom stereocenters. The molecule has 2 saturated heterocycles. The summed E-state index contributed by atoms with van der Waals surface area (Å²) in [6, 6.07) is 4.93. The highest BCUT2D eigenvalue weighted by atomic mass is 32.1. The van der Waals surface area contributed by atoms with Crippen molar-refractivity contribution in [2.45, 2.75) is 38.9 Å². The van der Waals surface area contributed by atoms with Crippen molar-refractivity contribution in [2.24, 2.45) is 5.92 Å². The molecule has 4 rings (SSSR count). The lowest BCUT2D eigenvalue weighted by molar-refractivity contribution is 0.0981. The minimum absolute atomic E-state index is 0.749. The molecule has 0 aliphatic carbocycles. The Balaban J connectivity index is 1.35. The van der Waals surface area contributed by atoms with E-state index in [1.165, 1.54) is 37.5 Å². The van der Waals surface area contributed by atoms with Gasteiger partial charge < -0.3 is 4.42 Å². The van der Waals surface area contributed by atoms with E-state index in [4.69, 9.17) is 4.42 Å². The highest BCUT2D eigenvalue weighted by Gasteiger charge is 2.38. The third-order valence-corrected chi connectivity index (χ3v) is 5.80. The first kappa shape index (κ1) is 14.4. The Morgan fingerprint density at radius 2 is 2.23 bits per heavy atom. The fourth-order valence-corrected chi connectivity index (χ4v) is 4.63. The summed E-state index contributed by atoms with van der Waals surface area (Å²) in [5.41, 5.74) is 0. The van der Waals surface area contributed by atoms with Gasteiger partial charge in [-0.3, -0.25) is 9.80 Å². The SMILES string of the molecule is Cc1ccc(CN2CC[C@H]3[C@H](CCN3Cc3nccs3)C2)o1.